The summed E-state index contributed by atoms with van der Waals surface area (Å²) in [6.07, 6.45) is 1.66. The van der Waals surface area contributed by atoms with Gasteiger partial charge in [-0.3, -0.25) is 4.98 Å². The number of aromatic amines is 1. The molecule has 0 amide bonds. The van der Waals surface area contributed by atoms with Crippen molar-refractivity contribution in [1.82, 2.24) is 19.6 Å². The van der Waals surface area contributed by atoms with Crippen LogP contribution in [0.3, 0.4) is 0 Å². The number of benzene rings is 2. The number of hydrogen-bond acceptors (Lipinski definition) is 4. The molecule has 0 aliphatic heterocycles. The van der Waals surface area contributed by atoms with E-state index in [1.807, 2.05) is 43.3 Å². The summed E-state index contributed by atoms with van der Waals surface area (Å²) in [6.45, 7) is 2.03. The van der Waals surface area contributed by atoms with Gasteiger partial charge >= 0.3 is 5.69 Å². The zero-order valence-corrected chi connectivity index (χ0v) is 16.6. The van der Waals surface area contributed by atoms with Gasteiger partial charge in [0.05, 0.1) is 16.2 Å². The Hall–Kier alpha value is -2.28. The van der Waals surface area contributed by atoms with Crippen molar-refractivity contribution in [3.63, 3.8) is 0 Å². The summed E-state index contributed by atoms with van der Waals surface area (Å²) in [6, 6.07) is 13.5. The highest BCUT2D eigenvalue weighted by Gasteiger charge is 2.12. The van der Waals surface area contributed by atoms with Crippen LogP contribution in [0.2, 0.25) is 10.0 Å². The van der Waals surface area contributed by atoms with Crippen molar-refractivity contribution in [3.8, 4) is 11.1 Å². The summed E-state index contributed by atoms with van der Waals surface area (Å²) >= 11 is 13.4. The Morgan fingerprint density at radius 2 is 1.89 bits per heavy atom. The zero-order valence-electron chi connectivity index (χ0n) is 14.2. The summed E-state index contributed by atoms with van der Waals surface area (Å²) < 4.78 is 1.28. The minimum Gasteiger partial charge on any atom is -0.285 e. The third-order valence-electron chi connectivity index (χ3n) is 4.08. The summed E-state index contributed by atoms with van der Waals surface area (Å²) in [5.74, 6) is 0.601. The van der Waals surface area contributed by atoms with Crippen LogP contribution in [0, 0.1) is 6.92 Å². The first-order valence-electron chi connectivity index (χ1n) is 8.13. The van der Waals surface area contributed by atoms with Gasteiger partial charge in [0.15, 0.2) is 10.8 Å². The molecule has 2 heterocycles. The van der Waals surface area contributed by atoms with Crippen LogP contribution in [-0.4, -0.2) is 19.6 Å². The molecule has 1 N–H and O–H groups in total. The molecule has 0 fully saturated rings. The van der Waals surface area contributed by atoms with Crippen LogP contribution in [0.4, 0.5) is 0 Å². The first kappa shape index (κ1) is 18.1. The van der Waals surface area contributed by atoms with Crippen molar-refractivity contribution in [3.05, 3.63) is 80.3 Å². The fraction of sp³-hybridized carbons (Fsp3) is 0.105. The Balaban J connectivity index is 1.67. The smallest absolute Gasteiger partial charge is 0.285 e. The van der Waals surface area contributed by atoms with Crippen LogP contribution >= 0.6 is 35.0 Å². The first-order valence-corrected chi connectivity index (χ1v) is 9.87. The maximum atomic E-state index is 12.4. The summed E-state index contributed by atoms with van der Waals surface area (Å²) in [5.41, 5.74) is 4.14. The first-order chi connectivity index (χ1) is 13.0. The lowest BCUT2D eigenvalue weighted by molar-refractivity contribution is 0.786. The molecule has 2 aromatic heterocycles. The number of nitrogens with one attached hydrogen (secondary N) is 1. The highest BCUT2D eigenvalue weighted by Crippen LogP contribution is 2.27. The van der Waals surface area contributed by atoms with Gasteiger partial charge in [-0.05, 0) is 30.2 Å². The lowest BCUT2D eigenvalue weighted by Gasteiger charge is -2.04. The maximum Gasteiger partial charge on any atom is 0.350 e. The molecule has 0 aliphatic rings. The second kappa shape index (κ2) is 7.38. The molecule has 0 spiro atoms. The molecule has 4 aromatic rings. The van der Waals surface area contributed by atoms with Gasteiger partial charge in [-0.2, -0.15) is 9.61 Å². The molecule has 0 saturated carbocycles. The van der Waals surface area contributed by atoms with Gasteiger partial charge in [-0.25, -0.2) is 9.78 Å². The fourth-order valence-corrected chi connectivity index (χ4v) is 3.77. The lowest BCUT2D eigenvalue weighted by Crippen LogP contribution is -2.19. The number of nitrogens with zero attached hydrogens (tertiary/aromatic N) is 3. The minimum absolute atomic E-state index is 0.324. The van der Waals surface area contributed by atoms with E-state index < -0.39 is 0 Å². The normalized spacial score (nSPS) is 11.2. The van der Waals surface area contributed by atoms with Crippen LogP contribution in [0.15, 0.2) is 58.6 Å². The Morgan fingerprint density at radius 1 is 1.11 bits per heavy atom. The zero-order chi connectivity index (χ0) is 19.0. The van der Waals surface area contributed by atoms with E-state index in [0.29, 0.717) is 26.6 Å². The van der Waals surface area contributed by atoms with E-state index in [1.54, 1.807) is 12.3 Å². The molecule has 0 aliphatic carbocycles. The van der Waals surface area contributed by atoms with Gasteiger partial charge in [0, 0.05) is 11.3 Å². The molecular weight excluding hydrogens is 403 g/mol. The Morgan fingerprint density at radius 3 is 2.63 bits per heavy atom. The van der Waals surface area contributed by atoms with E-state index in [1.165, 1.54) is 21.8 Å². The van der Waals surface area contributed by atoms with Gasteiger partial charge in [0.25, 0.3) is 0 Å². The van der Waals surface area contributed by atoms with E-state index in [0.717, 1.165) is 16.7 Å². The van der Waals surface area contributed by atoms with Crippen LogP contribution in [0.5, 0.6) is 0 Å². The Bertz CT molecular complexity index is 1180. The van der Waals surface area contributed by atoms with Crippen LogP contribution < -0.4 is 5.69 Å². The van der Waals surface area contributed by atoms with Gasteiger partial charge < -0.3 is 0 Å². The summed E-state index contributed by atoms with van der Waals surface area (Å²) in [5, 5.41) is 5.71. The average Bonchev–Trinajstić information content (AvgIpc) is 3.08. The van der Waals surface area contributed by atoms with Crippen LogP contribution in [0.1, 0.15) is 11.1 Å². The van der Waals surface area contributed by atoms with E-state index in [9.17, 15) is 4.79 Å². The quantitative estimate of drug-likeness (QED) is 0.475. The molecule has 5 nitrogen and oxygen atoms in total. The summed E-state index contributed by atoms with van der Waals surface area (Å²) in [4.78, 5) is 19.7. The van der Waals surface area contributed by atoms with Crippen LogP contribution in [0.25, 0.3) is 16.8 Å². The Kier molecular flexibility index (Phi) is 4.95. The highest BCUT2D eigenvalue weighted by atomic mass is 35.5. The highest BCUT2D eigenvalue weighted by molar-refractivity contribution is 7.98. The molecule has 0 atom stereocenters. The van der Waals surface area contributed by atoms with Gasteiger partial charge in [0.2, 0.25) is 0 Å². The lowest BCUT2D eigenvalue weighted by atomic mass is 10.1. The van der Waals surface area contributed by atoms with Crippen molar-refractivity contribution in [1.29, 1.82) is 0 Å². The number of H-pyrrole nitrogens is 1. The van der Waals surface area contributed by atoms with Crippen molar-refractivity contribution in [2.45, 2.75) is 17.8 Å². The molecule has 8 heteroatoms. The number of thioether (sulfide) groups is 1. The van der Waals surface area contributed by atoms with Crippen molar-refractivity contribution >= 4 is 40.6 Å². The summed E-state index contributed by atoms with van der Waals surface area (Å²) in [7, 11) is 0. The molecule has 0 bridgehead atoms. The molecule has 2 aromatic carbocycles. The second-order valence-electron chi connectivity index (χ2n) is 6.04. The molecule has 136 valence electrons. The molecule has 27 heavy (non-hydrogen) atoms. The monoisotopic (exact) mass is 416 g/mol. The SMILES string of the molecule is Cc1ccc(-c2cnn3c(=O)[nH]c(SCc4ccc(Cl)c(Cl)c4)nc23)cc1. The van der Waals surface area contributed by atoms with Gasteiger partial charge in [0.1, 0.15) is 0 Å². The molecule has 0 radical (unpaired) electrons. The number of fused-ring (bicyclic) bond motifs is 1. The van der Waals surface area contributed by atoms with Crippen molar-refractivity contribution < 1.29 is 0 Å². The number of rotatable bonds is 4. The largest absolute Gasteiger partial charge is 0.350 e. The molecular formula is C19H14Cl2N4OS. The van der Waals surface area contributed by atoms with Crippen LogP contribution in [-0.2, 0) is 5.75 Å². The number of hydrogen-bond donors (Lipinski definition) is 1. The van der Waals surface area contributed by atoms with Gasteiger partial charge in [-0.1, -0.05) is 70.9 Å². The van der Waals surface area contributed by atoms with E-state index in [-0.39, 0.29) is 5.69 Å². The van der Waals surface area contributed by atoms with Crippen molar-refractivity contribution in [2.75, 3.05) is 0 Å². The van der Waals surface area contributed by atoms with Crippen molar-refractivity contribution in [2.24, 2.45) is 0 Å². The van der Waals surface area contributed by atoms with E-state index in [2.05, 4.69) is 15.1 Å². The molecule has 4 rings (SSSR count). The topological polar surface area (TPSA) is 63.1 Å². The molecule has 0 saturated heterocycles. The predicted octanol–water partition coefficient (Wildman–Crippen LogP) is 4.99. The number of aryl methyl sites for hydroxylation is 1. The number of halogens is 2. The minimum atomic E-state index is -0.324. The van der Waals surface area contributed by atoms with Gasteiger partial charge in [-0.15, -0.1) is 0 Å². The average molecular weight is 417 g/mol. The maximum absolute atomic E-state index is 12.4. The third kappa shape index (κ3) is 3.74. The van der Waals surface area contributed by atoms with E-state index >= 15 is 0 Å². The standard InChI is InChI=1S/C19H14Cl2N4OS/c1-11-2-5-13(6-3-11)14-9-22-25-17(14)23-18(24-19(25)26)27-10-12-4-7-15(20)16(21)8-12/h2-9H,10H2,1H3,(H,23,24,26). The predicted molar refractivity (Wildman–Crippen MR) is 110 cm³/mol. The Labute approximate surface area is 169 Å². The third-order valence-corrected chi connectivity index (χ3v) is 5.76. The molecule has 0 unspecified atom stereocenters. The number of aromatic nitrogens is 4. The fourth-order valence-electron chi connectivity index (χ4n) is 2.65. The van der Waals surface area contributed by atoms with E-state index in [4.69, 9.17) is 23.2 Å². The second-order valence-corrected chi connectivity index (χ2v) is 7.82.